The van der Waals surface area contributed by atoms with Crippen LogP contribution in [0.2, 0.25) is 0 Å². The van der Waals surface area contributed by atoms with Gasteiger partial charge in [0, 0.05) is 30.2 Å². The quantitative estimate of drug-likeness (QED) is 0.872. The molecule has 2 heterocycles. The predicted octanol–water partition coefficient (Wildman–Crippen LogP) is 2.06. The molecule has 0 aromatic carbocycles. The zero-order valence-corrected chi connectivity index (χ0v) is 11.2. The number of likely N-dealkylation sites (N-methyl/N-ethyl adjacent to an activating group) is 1. The lowest BCUT2D eigenvalue weighted by molar-refractivity contribution is 0.397. The largest absolute Gasteiger partial charge is 0.306 e. The molecule has 2 rings (SSSR count). The average molecular weight is 239 g/mol. The average Bonchev–Trinajstić information content (AvgIpc) is 2.83. The van der Waals surface area contributed by atoms with Gasteiger partial charge in [-0.2, -0.15) is 0 Å². The maximum atomic E-state index is 4.46. The third kappa shape index (κ3) is 3.03. The Balaban J connectivity index is 1.80. The Hall–Kier alpha value is -0.450. The first-order valence-electron chi connectivity index (χ1n) is 6.01. The fourth-order valence-corrected chi connectivity index (χ4v) is 2.88. The normalized spacial score (nSPS) is 22.1. The molecule has 1 N–H and O–H groups in total. The second-order valence-electron chi connectivity index (χ2n) is 4.94. The Morgan fingerprint density at radius 1 is 1.62 bits per heavy atom. The van der Waals surface area contributed by atoms with Crippen LogP contribution in [0.1, 0.15) is 36.1 Å². The number of thiazole rings is 1. The topological polar surface area (TPSA) is 28.2 Å². The molecular formula is C12H21N3S. The molecule has 90 valence electrons. The minimum absolute atomic E-state index is 0.601. The van der Waals surface area contributed by atoms with E-state index in [0.717, 1.165) is 6.54 Å². The third-order valence-corrected chi connectivity index (χ3v) is 4.37. The van der Waals surface area contributed by atoms with Crippen LogP contribution in [-0.2, 0) is 6.54 Å². The van der Waals surface area contributed by atoms with Crippen molar-refractivity contribution in [3.05, 3.63) is 16.1 Å². The Labute approximate surface area is 102 Å². The van der Waals surface area contributed by atoms with E-state index in [1.807, 2.05) is 17.5 Å². The predicted molar refractivity (Wildman–Crippen MR) is 68.9 cm³/mol. The van der Waals surface area contributed by atoms with Crippen molar-refractivity contribution < 1.29 is 0 Å². The first-order valence-corrected chi connectivity index (χ1v) is 6.83. The molecule has 0 radical (unpaired) electrons. The number of likely N-dealkylation sites (tertiary alicyclic amines) is 1. The molecule has 0 spiro atoms. The van der Waals surface area contributed by atoms with E-state index in [4.69, 9.17) is 0 Å². The van der Waals surface area contributed by atoms with E-state index < -0.39 is 0 Å². The first-order chi connectivity index (χ1) is 7.65. The summed E-state index contributed by atoms with van der Waals surface area (Å²) in [7, 11) is 2.18. The van der Waals surface area contributed by atoms with Gasteiger partial charge in [-0.1, -0.05) is 13.8 Å². The van der Waals surface area contributed by atoms with Crippen LogP contribution in [0.4, 0.5) is 0 Å². The zero-order chi connectivity index (χ0) is 11.5. The highest BCUT2D eigenvalue weighted by Crippen LogP contribution is 2.21. The summed E-state index contributed by atoms with van der Waals surface area (Å²) >= 11 is 1.84. The second-order valence-corrected chi connectivity index (χ2v) is 6.09. The molecule has 1 saturated heterocycles. The van der Waals surface area contributed by atoms with Crippen molar-refractivity contribution in [1.82, 2.24) is 15.2 Å². The Morgan fingerprint density at radius 3 is 3.00 bits per heavy atom. The summed E-state index contributed by atoms with van der Waals surface area (Å²) in [5.74, 6) is 0.601. The third-order valence-electron chi connectivity index (χ3n) is 3.07. The molecule has 16 heavy (non-hydrogen) atoms. The van der Waals surface area contributed by atoms with Crippen LogP contribution >= 0.6 is 11.3 Å². The van der Waals surface area contributed by atoms with Gasteiger partial charge < -0.3 is 10.2 Å². The van der Waals surface area contributed by atoms with E-state index in [9.17, 15) is 0 Å². The summed E-state index contributed by atoms with van der Waals surface area (Å²) in [6.07, 6.45) is 3.28. The van der Waals surface area contributed by atoms with E-state index in [2.05, 4.69) is 36.1 Å². The van der Waals surface area contributed by atoms with Crippen LogP contribution in [0, 0.1) is 0 Å². The monoisotopic (exact) mass is 239 g/mol. The molecule has 0 saturated carbocycles. The molecule has 0 amide bonds. The van der Waals surface area contributed by atoms with Gasteiger partial charge in [0.15, 0.2) is 0 Å². The van der Waals surface area contributed by atoms with Gasteiger partial charge in [0.1, 0.15) is 5.01 Å². The molecule has 1 atom stereocenters. The Bertz CT molecular complexity index is 335. The van der Waals surface area contributed by atoms with Gasteiger partial charge in [-0.3, -0.25) is 0 Å². The number of hydrogen-bond donors (Lipinski definition) is 1. The van der Waals surface area contributed by atoms with E-state index in [1.54, 1.807) is 0 Å². The van der Waals surface area contributed by atoms with Gasteiger partial charge in [0.2, 0.25) is 0 Å². The van der Waals surface area contributed by atoms with Crippen LogP contribution in [-0.4, -0.2) is 36.1 Å². The summed E-state index contributed by atoms with van der Waals surface area (Å²) in [5.41, 5.74) is 0. The molecule has 4 heteroatoms. The second kappa shape index (κ2) is 5.25. The Morgan fingerprint density at radius 2 is 2.44 bits per heavy atom. The molecular weight excluding hydrogens is 218 g/mol. The van der Waals surface area contributed by atoms with Crippen LogP contribution in [0.25, 0.3) is 0 Å². The molecule has 3 nitrogen and oxygen atoms in total. The van der Waals surface area contributed by atoms with Crippen molar-refractivity contribution >= 4 is 11.3 Å². The van der Waals surface area contributed by atoms with E-state index >= 15 is 0 Å². The molecule has 1 aromatic heterocycles. The van der Waals surface area contributed by atoms with Crippen molar-refractivity contribution in [2.45, 2.75) is 38.8 Å². The number of rotatable bonds is 4. The molecule has 1 aliphatic rings. The van der Waals surface area contributed by atoms with Gasteiger partial charge in [0.25, 0.3) is 0 Å². The molecule has 0 bridgehead atoms. The van der Waals surface area contributed by atoms with E-state index in [1.165, 1.54) is 29.4 Å². The summed E-state index contributed by atoms with van der Waals surface area (Å²) < 4.78 is 0. The maximum Gasteiger partial charge on any atom is 0.107 e. The summed E-state index contributed by atoms with van der Waals surface area (Å²) in [5, 5.41) is 4.81. The standard InChI is InChI=1S/C12H21N3S/c1-9(2)11-6-14-12(16-11)7-13-10-4-5-15(3)8-10/h6,9-10,13H,4-5,7-8H2,1-3H3. The molecule has 1 unspecified atom stereocenters. The molecule has 0 aliphatic carbocycles. The number of nitrogens with one attached hydrogen (secondary N) is 1. The Kier molecular flexibility index (Phi) is 3.95. The smallest absolute Gasteiger partial charge is 0.107 e. The van der Waals surface area contributed by atoms with Crippen molar-refractivity contribution in [3.8, 4) is 0 Å². The molecule has 1 aromatic rings. The number of nitrogens with zero attached hydrogens (tertiary/aromatic N) is 2. The minimum Gasteiger partial charge on any atom is -0.306 e. The SMILES string of the molecule is CC(C)c1cnc(CNC2CCN(C)C2)s1. The summed E-state index contributed by atoms with van der Waals surface area (Å²) in [4.78, 5) is 8.22. The van der Waals surface area contributed by atoms with Crippen LogP contribution in [0.15, 0.2) is 6.20 Å². The minimum atomic E-state index is 0.601. The zero-order valence-electron chi connectivity index (χ0n) is 10.4. The lowest BCUT2D eigenvalue weighted by atomic mass is 10.2. The molecule has 1 fully saturated rings. The first kappa shape index (κ1) is 12.0. The van der Waals surface area contributed by atoms with Gasteiger partial charge in [-0.05, 0) is 25.9 Å². The van der Waals surface area contributed by atoms with Gasteiger partial charge in [0.05, 0.1) is 0 Å². The van der Waals surface area contributed by atoms with Crippen LogP contribution in [0.5, 0.6) is 0 Å². The van der Waals surface area contributed by atoms with Gasteiger partial charge >= 0.3 is 0 Å². The molecule has 1 aliphatic heterocycles. The van der Waals surface area contributed by atoms with E-state index in [0.29, 0.717) is 12.0 Å². The highest BCUT2D eigenvalue weighted by atomic mass is 32.1. The summed E-state index contributed by atoms with van der Waals surface area (Å²) in [6.45, 7) is 7.75. The fraction of sp³-hybridized carbons (Fsp3) is 0.750. The van der Waals surface area contributed by atoms with Gasteiger partial charge in [-0.15, -0.1) is 11.3 Å². The van der Waals surface area contributed by atoms with Crippen LogP contribution < -0.4 is 5.32 Å². The number of hydrogen-bond acceptors (Lipinski definition) is 4. The van der Waals surface area contributed by atoms with Crippen molar-refractivity contribution in [3.63, 3.8) is 0 Å². The van der Waals surface area contributed by atoms with E-state index in [-0.39, 0.29) is 0 Å². The van der Waals surface area contributed by atoms with Crippen LogP contribution in [0.3, 0.4) is 0 Å². The highest BCUT2D eigenvalue weighted by Gasteiger charge is 2.18. The van der Waals surface area contributed by atoms with Crippen molar-refractivity contribution in [2.75, 3.05) is 20.1 Å². The number of aromatic nitrogens is 1. The van der Waals surface area contributed by atoms with Crippen molar-refractivity contribution in [1.29, 1.82) is 0 Å². The highest BCUT2D eigenvalue weighted by molar-refractivity contribution is 7.11. The maximum absolute atomic E-state index is 4.46. The van der Waals surface area contributed by atoms with Gasteiger partial charge in [-0.25, -0.2) is 4.98 Å². The lowest BCUT2D eigenvalue weighted by Crippen LogP contribution is -2.30. The fourth-order valence-electron chi connectivity index (χ4n) is 2.01. The van der Waals surface area contributed by atoms with Crippen molar-refractivity contribution in [2.24, 2.45) is 0 Å². The lowest BCUT2D eigenvalue weighted by Gasteiger charge is -2.11. The summed E-state index contributed by atoms with van der Waals surface area (Å²) in [6, 6.07) is 0.649.